The molecule has 0 radical (unpaired) electrons. The Labute approximate surface area is 242 Å². The van der Waals surface area contributed by atoms with Gasteiger partial charge in [0.25, 0.3) is 5.69 Å². The molecular formula is C27H36N8O7. The first-order chi connectivity index (χ1) is 20.0. The normalized spacial score (nSPS) is 11.9. The van der Waals surface area contributed by atoms with E-state index in [2.05, 4.69) is 26.3 Å². The van der Waals surface area contributed by atoms with Gasteiger partial charge in [-0.2, -0.15) is 0 Å². The zero-order valence-corrected chi connectivity index (χ0v) is 23.4. The number of rotatable bonds is 15. The van der Waals surface area contributed by atoms with Gasteiger partial charge in [-0.3, -0.25) is 29.5 Å². The second kappa shape index (κ2) is 16.8. The molecular weight excluding hydrogens is 548 g/mol. The number of hydrogen-bond acceptors (Lipinski definition) is 8. The molecule has 15 heteroatoms. The van der Waals surface area contributed by atoms with Crippen LogP contribution in [0, 0.1) is 16.0 Å². The molecule has 2 aromatic rings. The van der Waals surface area contributed by atoms with E-state index < -0.39 is 47.4 Å². The lowest BCUT2D eigenvalue weighted by atomic mass is 10.0. The minimum Gasteiger partial charge on any atom is -0.445 e. The van der Waals surface area contributed by atoms with Gasteiger partial charge >= 0.3 is 6.09 Å². The molecule has 2 rings (SSSR count). The van der Waals surface area contributed by atoms with Crippen LogP contribution in [0.5, 0.6) is 0 Å². The van der Waals surface area contributed by atoms with Crippen LogP contribution in [-0.4, -0.2) is 59.9 Å². The summed E-state index contributed by atoms with van der Waals surface area (Å²) in [6.07, 6.45) is -0.299. The Bertz CT molecular complexity index is 1250. The number of ether oxygens (including phenoxy) is 1. The lowest BCUT2D eigenvalue weighted by Gasteiger charge is -2.22. The Morgan fingerprint density at radius 2 is 1.64 bits per heavy atom. The first-order valence-electron chi connectivity index (χ1n) is 13.1. The average Bonchev–Trinajstić information content (AvgIpc) is 2.95. The monoisotopic (exact) mass is 584 g/mol. The number of benzene rings is 2. The number of guanidine groups is 1. The van der Waals surface area contributed by atoms with Crippen LogP contribution in [0.1, 0.15) is 32.3 Å². The molecule has 2 atom stereocenters. The lowest BCUT2D eigenvalue weighted by molar-refractivity contribution is -0.384. The molecule has 0 aromatic heterocycles. The van der Waals surface area contributed by atoms with Gasteiger partial charge in [-0.15, -0.1) is 0 Å². The van der Waals surface area contributed by atoms with Crippen LogP contribution in [0.25, 0.3) is 0 Å². The van der Waals surface area contributed by atoms with Crippen molar-refractivity contribution in [2.75, 3.05) is 18.4 Å². The Kier molecular flexibility index (Phi) is 13.2. The molecule has 8 N–H and O–H groups in total. The number of non-ortho nitro benzene ring substituents is 1. The molecule has 4 amide bonds. The molecule has 15 nitrogen and oxygen atoms in total. The van der Waals surface area contributed by atoms with Crippen LogP contribution in [-0.2, 0) is 25.7 Å². The summed E-state index contributed by atoms with van der Waals surface area (Å²) in [4.78, 5) is 64.8. The van der Waals surface area contributed by atoms with Crippen molar-refractivity contribution in [3.05, 3.63) is 70.3 Å². The fraction of sp³-hybridized carbons (Fsp3) is 0.370. The number of nitrogens with zero attached hydrogens (tertiary/aromatic N) is 2. The number of amides is 4. The molecule has 0 spiro atoms. The maximum atomic E-state index is 12.9. The standard InChI is InChI=1S/C27H36N8O7/c1-17(2)23(34-27(39)42-16-18-7-4-3-5-8-18)25(38)31-15-22(36)33-21(9-6-14-30-26(28)29)24(37)32-19-10-12-20(13-11-19)35(40)41/h3-5,7-8,10-13,17,21,23H,6,9,14-16H2,1-2H3,(H,31,38)(H,32,37)(H,33,36)(H,34,39)(H4,28,29,30)/t21-,23+/m0/s1. The van der Waals surface area contributed by atoms with E-state index in [-0.39, 0.29) is 42.8 Å². The molecule has 0 heterocycles. The number of hydrogen-bond donors (Lipinski definition) is 6. The minimum absolute atomic E-state index is 0.0218. The van der Waals surface area contributed by atoms with Crippen LogP contribution in [0.3, 0.4) is 0 Å². The van der Waals surface area contributed by atoms with E-state index in [4.69, 9.17) is 16.2 Å². The molecule has 0 unspecified atom stereocenters. The maximum absolute atomic E-state index is 12.9. The molecule has 2 aromatic carbocycles. The first kappa shape index (κ1) is 33.0. The van der Waals surface area contributed by atoms with Crippen LogP contribution < -0.4 is 32.7 Å². The zero-order valence-electron chi connectivity index (χ0n) is 23.4. The largest absolute Gasteiger partial charge is 0.445 e. The summed E-state index contributed by atoms with van der Waals surface area (Å²) < 4.78 is 5.18. The van der Waals surface area contributed by atoms with Gasteiger partial charge in [-0.25, -0.2) is 4.79 Å². The molecule has 0 saturated heterocycles. The zero-order chi connectivity index (χ0) is 31.1. The molecule has 0 aliphatic carbocycles. The SMILES string of the molecule is CC(C)[C@@H](NC(=O)OCc1ccccc1)C(=O)NCC(=O)N[C@@H](CCCN=C(N)N)C(=O)Nc1ccc([N+](=O)[O-])cc1. The van der Waals surface area contributed by atoms with Gasteiger partial charge in [-0.1, -0.05) is 44.2 Å². The Morgan fingerprint density at radius 3 is 2.24 bits per heavy atom. The second-order valence-electron chi connectivity index (χ2n) is 9.51. The smallest absolute Gasteiger partial charge is 0.408 e. The molecule has 0 bridgehead atoms. The van der Waals surface area contributed by atoms with E-state index in [1.54, 1.807) is 38.1 Å². The lowest BCUT2D eigenvalue weighted by Crippen LogP contribution is -2.53. The van der Waals surface area contributed by atoms with Crippen LogP contribution in [0.4, 0.5) is 16.2 Å². The van der Waals surface area contributed by atoms with Crippen LogP contribution >= 0.6 is 0 Å². The highest BCUT2D eigenvalue weighted by molar-refractivity contribution is 5.98. The third kappa shape index (κ3) is 11.9. The molecule has 226 valence electrons. The molecule has 42 heavy (non-hydrogen) atoms. The number of carbonyl (C=O) groups excluding carboxylic acids is 4. The average molecular weight is 585 g/mol. The Morgan fingerprint density at radius 1 is 0.976 bits per heavy atom. The quantitative estimate of drug-likeness (QED) is 0.0578. The van der Waals surface area contributed by atoms with Crippen molar-refractivity contribution in [3.8, 4) is 0 Å². The minimum atomic E-state index is -1.04. The summed E-state index contributed by atoms with van der Waals surface area (Å²) >= 11 is 0. The first-order valence-corrected chi connectivity index (χ1v) is 13.1. The van der Waals surface area contributed by atoms with Gasteiger partial charge in [0.1, 0.15) is 18.7 Å². The number of anilines is 1. The highest BCUT2D eigenvalue weighted by Crippen LogP contribution is 2.16. The van der Waals surface area contributed by atoms with Gasteiger partial charge in [-0.05, 0) is 36.5 Å². The highest BCUT2D eigenvalue weighted by atomic mass is 16.6. The summed E-state index contributed by atoms with van der Waals surface area (Å²) in [7, 11) is 0. The number of aliphatic imine (C=N–C) groups is 1. The van der Waals surface area contributed by atoms with Crippen molar-refractivity contribution in [2.24, 2.45) is 22.4 Å². The number of nitrogens with two attached hydrogens (primary N) is 2. The van der Waals surface area contributed by atoms with Crippen LogP contribution in [0.15, 0.2) is 59.6 Å². The number of carbonyl (C=O) groups is 4. The fourth-order valence-electron chi connectivity index (χ4n) is 3.62. The summed E-state index contributed by atoms with van der Waals surface area (Å²) in [5.41, 5.74) is 11.6. The third-order valence-electron chi connectivity index (χ3n) is 5.80. The van der Waals surface area contributed by atoms with Crippen molar-refractivity contribution < 1.29 is 28.8 Å². The predicted molar refractivity (Wildman–Crippen MR) is 155 cm³/mol. The van der Waals surface area contributed by atoms with Gasteiger partial charge < -0.3 is 37.5 Å². The fourth-order valence-corrected chi connectivity index (χ4v) is 3.62. The Balaban J connectivity index is 1.95. The number of nitro groups is 1. The van der Waals surface area contributed by atoms with Crippen molar-refractivity contribution in [3.63, 3.8) is 0 Å². The number of alkyl carbamates (subject to hydrolysis) is 1. The Hall–Kier alpha value is -5.21. The van der Waals surface area contributed by atoms with E-state index in [0.717, 1.165) is 5.56 Å². The van der Waals surface area contributed by atoms with Crippen molar-refractivity contribution in [1.82, 2.24) is 16.0 Å². The number of nitrogens with one attached hydrogen (secondary N) is 4. The van der Waals surface area contributed by atoms with E-state index in [1.807, 2.05) is 6.07 Å². The molecule has 0 saturated carbocycles. The highest BCUT2D eigenvalue weighted by Gasteiger charge is 2.26. The van der Waals surface area contributed by atoms with Crippen molar-refractivity contribution in [2.45, 2.75) is 45.4 Å². The van der Waals surface area contributed by atoms with E-state index in [1.165, 1.54) is 24.3 Å². The van der Waals surface area contributed by atoms with Gasteiger partial charge in [0.05, 0.1) is 11.5 Å². The summed E-state index contributed by atoms with van der Waals surface area (Å²) in [5, 5.41) is 21.0. The van der Waals surface area contributed by atoms with Gasteiger partial charge in [0.2, 0.25) is 17.7 Å². The van der Waals surface area contributed by atoms with Crippen molar-refractivity contribution >= 4 is 41.1 Å². The summed E-state index contributed by atoms with van der Waals surface area (Å²) in [6.45, 7) is 3.19. The van der Waals surface area contributed by atoms with E-state index >= 15 is 0 Å². The summed E-state index contributed by atoms with van der Waals surface area (Å²) in [5.74, 6) is -2.31. The molecule has 0 aliphatic rings. The van der Waals surface area contributed by atoms with Crippen molar-refractivity contribution in [1.29, 1.82) is 0 Å². The second-order valence-corrected chi connectivity index (χ2v) is 9.51. The molecule has 0 aliphatic heterocycles. The maximum Gasteiger partial charge on any atom is 0.408 e. The topological polar surface area (TPSA) is 233 Å². The molecule has 0 fully saturated rings. The van der Waals surface area contributed by atoms with Crippen LogP contribution in [0.2, 0.25) is 0 Å². The summed E-state index contributed by atoms with van der Waals surface area (Å²) in [6, 6.07) is 12.2. The van der Waals surface area contributed by atoms with Gasteiger partial charge in [0, 0.05) is 24.4 Å². The predicted octanol–water partition coefficient (Wildman–Crippen LogP) is 1.14. The van der Waals surface area contributed by atoms with E-state index in [9.17, 15) is 29.3 Å². The third-order valence-corrected chi connectivity index (χ3v) is 5.80. The van der Waals surface area contributed by atoms with E-state index in [0.29, 0.717) is 6.42 Å². The number of nitro benzene ring substituents is 1. The van der Waals surface area contributed by atoms with Gasteiger partial charge in [0.15, 0.2) is 5.96 Å².